The van der Waals surface area contributed by atoms with Gasteiger partial charge in [-0.2, -0.15) is 4.68 Å². The molecule has 0 spiro atoms. The molecule has 0 aliphatic carbocycles. The van der Waals surface area contributed by atoms with Crippen LogP contribution in [0.5, 0.6) is 0 Å². The predicted molar refractivity (Wildman–Crippen MR) is 40.8 cm³/mol. The fourth-order valence-corrected chi connectivity index (χ4v) is 1.43. The zero-order valence-corrected chi connectivity index (χ0v) is 6.50. The van der Waals surface area contributed by atoms with Crippen molar-refractivity contribution in [2.45, 2.75) is 13.0 Å². The highest BCUT2D eigenvalue weighted by Crippen LogP contribution is 2.12. The van der Waals surface area contributed by atoms with Gasteiger partial charge >= 0.3 is 5.97 Å². The van der Waals surface area contributed by atoms with Crippen molar-refractivity contribution in [2.75, 3.05) is 11.9 Å². The van der Waals surface area contributed by atoms with Crippen LogP contribution in [0.25, 0.3) is 0 Å². The van der Waals surface area contributed by atoms with E-state index >= 15 is 0 Å². The number of aromatic nitrogens is 2. The zero-order chi connectivity index (χ0) is 8.55. The number of fused-ring (bicyclic) bond motifs is 1. The third kappa shape index (κ3) is 1.03. The Balaban J connectivity index is 2.27. The average Bonchev–Trinajstić information content (AvgIpc) is 2.52. The van der Waals surface area contributed by atoms with E-state index in [1.165, 1.54) is 0 Å². The number of nitrogens with zero attached hydrogens (tertiary/aromatic N) is 1. The second-order valence-corrected chi connectivity index (χ2v) is 2.80. The first kappa shape index (κ1) is 7.15. The Morgan fingerprint density at radius 2 is 2.58 bits per heavy atom. The molecule has 5 heteroatoms. The van der Waals surface area contributed by atoms with Crippen LogP contribution in [0, 0.1) is 0 Å². The number of nitrogens with one attached hydrogen (secondary N) is 2. The number of carboxylic acids is 1. The molecule has 64 valence electrons. The highest BCUT2D eigenvalue weighted by atomic mass is 16.4. The van der Waals surface area contributed by atoms with Gasteiger partial charge in [-0.3, -0.25) is 10.1 Å². The fraction of sp³-hybridized carbons (Fsp3) is 0.429. The van der Waals surface area contributed by atoms with Crippen LogP contribution >= 0.6 is 0 Å². The van der Waals surface area contributed by atoms with Crippen molar-refractivity contribution in [3.63, 3.8) is 0 Å². The maximum Gasteiger partial charge on any atom is 0.308 e. The van der Waals surface area contributed by atoms with Crippen molar-refractivity contribution >= 4 is 11.8 Å². The van der Waals surface area contributed by atoms with Crippen LogP contribution in [-0.2, 0) is 17.8 Å². The van der Waals surface area contributed by atoms with Crippen molar-refractivity contribution in [3.8, 4) is 0 Å². The first-order valence-corrected chi connectivity index (χ1v) is 3.83. The van der Waals surface area contributed by atoms with Gasteiger partial charge in [0.15, 0.2) is 0 Å². The van der Waals surface area contributed by atoms with Crippen molar-refractivity contribution in [2.24, 2.45) is 0 Å². The Morgan fingerprint density at radius 3 is 3.33 bits per heavy atom. The molecule has 5 nitrogen and oxygen atoms in total. The molecule has 0 bridgehead atoms. The normalized spacial score (nSPS) is 14.0. The van der Waals surface area contributed by atoms with E-state index in [1.807, 2.05) is 4.68 Å². The second-order valence-electron chi connectivity index (χ2n) is 2.80. The van der Waals surface area contributed by atoms with Gasteiger partial charge in [-0.05, 0) is 0 Å². The summed E-state index contributed by atoms with van der Waals surface area (Å²) in [4.78, 5) is 10.4. The topological polar surface area (TPSA) is 69.0 Å². The van der Waals surface area contributed by atoms with E-state index in [9.17, 15) is 4.79 Å². The standard InChI is InChI=1S/C7H9N3O2/c11-6(12)3-5-4-9-10-2-1-8-7(5)10/h4H,1-3H2,(H2,8,9,11,12)/p+1. The molecule has 2 rings (SSSR count). The summed E-state index contributed by atoms with van der Waals surface area (Å²) in [6.07, 6.45) is 1.81. The summed E-state index contributed by atoms with van der Waals surface area (Å²) >= 11 is 0. The molecule has 0 saturated carbocycles. The number of anilines is 1. The van der Waals surface area contributed by atoms with Gasteiger partial charge in [0.05, 0.1) is 18.2 Å². The maximum absolute atomic E-state index is 10.4. The molecule has 1 aromatic heterocycles. The quantitative estimate of drug-likeness (QED) is 0.514. The van der Waals surface area contributed by atoms with Crippen LogP contribution in [-0.4, -0.2) is 22.7 Å². The van der Waals surface area contributed by atoms with Crippen LogP contribution < -0.4 is 10.00 Å². The van der Waals surface area contributed by atoms with Crippen molar-refractivity contribution in [3.05, 3.63) is 11.8 Å². The van der Waals surface area contributed by atoms with Gasteiger partial charge in [-0.1, -0.05) is 0 Å². The molecule has 0 radical (unpaired) electrons. The van der Waals surface area contributed by atoms with Gasteiger partial charge < -0.3 is 5.11 Å². The Hall–Kier alpha value is -1.52. The molecule has 1 aliphatic heterocycles. The lowest BCUT2D eigenvalue weighted by Crippen LogP contribution is -2.32. The SMILES string of the molecule is O=C(O)Cc1c[nH][n+]2c1NCC2. The van der Waals surface area contributed by atoms with Crippen LogP contribution in [0.15, 0.2) is 6.20 Å². The number of hydrogen-bond donors (Lipinski definition) is 3. The van der Waals surface area contributed by atoms with Crippen LogP contribution in [0.3, 0.4) is 0 Å². The van der Waals surface area contributed by atoms with E-state index in [1.54, 1.807) is 6.20 Å². The summed E-state index contributed by atoms with van der Waals surface area (Å²) in [5, 5.41) is 14.7. The Morgan fingerprint density at radius 1 is 1.75 bits per heavy atom. The molecule has 0 saturated heterocycles. The summed E-state index contributed by atoms with van der Waals surface area (Å²) in [7, 11) is 0. The lowest BCUT2D eigenvalue weighted by Gasteiger charge is -1.89. The second kappa shape index (κ2) is 2.51. The van der Waals surface area contributed by atoms with Crippen molar-refractivity contribution in [1.82, 2.24) is 5.10 Å². The minimum absolute atomic E-state index is 0.0752. The van der Waals surface area contributed by atoms with Crippen LogP contribution in [0.1, 0.15) is 5.56 Å². The van der Waals surface area contributed by atoms with E-state index in [-0.39, 0.29) is 6.42 Å². The number of hydrogen-bond acceptors (Lipinski definition) is 2. The monoisotopic (exact) mass is 168 g/mol. The Labute approximate surface area is 69.0 Å². The molecule has 3 N–H and O–H groups in total. The van der Waals surface area contributed by atoms with Gasteiger partial charge in [0.2, 0.25) is 0 Å². The maximum atomic E-state index is 10.4. The zero-order valence-electron chi connectivity index (χ0n) is 6.50. The molecule has 2 heterocycles. The van der Waals surface area contributed by atoms with E-state index in [4.69, 9.17) is 5.11 Å². The number of H-pyrrole nitrogens is 1. The van der Waals surface area contributed by atoms with E-state index in [0.717, 1.165) is 24.5 Å². The first-order chi connectivity index (χ1) is 5.77. The molecule has 12 heavy (non-hydrogen) atoms. The third-order valence-corrected chi connectivity index (χ3v) is 1.94. The highest BCUT2D eigenvalue weighted by Gasteiger charge is 2.24. The number of aliphatic carboxylic acids is 1. The molecule has 1 aliphatic rings. The van der Waals surface area contributed by atoms with Gasteiger partial charge in [0.25, 0.3) is 5.82 Å². The van der Waals surface area contributed by atoms with Gasteiger partial charge in [-0.15, -0.1) is 0 Å². The largest absolute Gasteiger partial charge is 0.481 e. The molecule has 1 aromatic rings. The molecule has 0 atom stereocenters. The number of rotatable bonds is 2. The highest BCUT2D eigenvalue weighted by molar-refractivity contribution is 5.71. The number of carboxylic acid groups (broad SMARTS) is 1. The molecular formula is C7H10N3O2+. The molecule has 0 aromatic carbocycles. The van der Waals surface area contributed by atoms with Crippen molar-refractivity contribution in [1.29, 1.82) is 0 Å². The molecular weight excluding hydrogens is 158 g/mol. The minimum Gasteiger partial charge on any atom is -0.481 e. The fourth-order valence-electron chi connectivity index (χ4n) is 1.43. The van der Waals surface area contributed by atoms with E-state index < -0.39 is 5.97 Å². The number of carbonyl (C=O) groups is 1. The summed E-state index contributed by atoms with van der Waals surface area (Å²) in [6, 6.07) is 0. The summed E-state index contributed by atoms with van der Waals surface area (Å²) < 4.78 is 1.91. The first-order valence-electron chi connectivity index (χ1n) is 3.83. The minimum atomic E-state index is -0.800. The molecule has 0 fully saturated rings. The molecule has 0 unspecified atom stereocenters. The predicted octanol–water partition coefficient (Wildman–Crippen LogP) is -0.645. The third-order valence-electron chi connectivity index (χ3n) is 1.94. The van der Waals surface area contributed by atoms with Gasteiger partial charge in [0.1, 0.15) is 13.1 Å². The average molecular weight is 168 g/mol. The summed E-state index contributed by atoms with van der Waals surface area (Å²) in [6.45, 7) is 1.76. The lowest BCUT2D eigenvalue weighted by molar-refractivity contribution is -0.726. The van der Waals surface area contributed by atoms with E-state index in [0.29, 0.717) is 0 Å². The number of aromatic amines is 1. The Kier molecular flexibility index (Phi) is 1.49. The Bertz CT molecular complexity index is 318. The van der Waals surface area contributed by atoms with Crippen LogP contribution in [0.2, 0.25) is 0 Å². The summed E-state index contributed by atoms with van der Waals surface area (Å²) in [5.41, 5.74) is 0.819. The summed E-state index contributed by atoms with van der Waals surface area (Å²) in [5.74, 6) is 0.114. The van der Waals surface area contributed by atoms with Crippen LogP contribution in [0.4, 0.5) is 5.82 Å². The van der Waals surface area contributed by atoms with Gasteiger partial charge in [-0.25, -0.2) is 5.10 Å². The van der Waals surface area contributed by atoms with Gasteiger partial charge in [0, 0.05) is 0 Å². The van der Waals surface area contributed by atoms with Crippen molar-refractivity contribution < 1.29 is 14.6 Å². The smallest absolute Gasteiger partial charge is 0.308 e. The lowest BCUT2D eigenvalue weighted by atomic mass is 10.2. The molecule has 0 amide bonds. The van der Waals surface area contributed by atoms with E-state index in [2.05, 4.69) is 10.4 Å².